The molecule has 2 heterocycles. The number of hydrogen-bond acceptors (Lipinski definition) is 5. The number of aromatic nitrogens is 4. The van der Waals surface area contributed by atoms with E-state index in [9.17, 15) is 4.79 Å². The second-order valence-electron chi connectivity index (χ2n) is 4.15. The first-order chi connectivity index (χ1) is 10.6. The van der Waals surface area contributed by atoms with E-state index in [0.717, 1.165) is 0 Å². The van der Waals surface area contributed by atoms with Crippen molar-refractivity contribution < 1.29 is 4.79 Å². The van der Waals surface area contributed by atoms with Crippen LogP contribution in [0.15, 0.2) is 30.6 Å². The summed E-state index contributed by atoms with van der Waals surface area (Å²) in [5.41, 5.74) is 5.76. The number of anilines is 1. The van der Waals surface area contributed by atoms with Crippen molar-refractivity contribution in [2.24, 2.45) is 0 Å². The number of carbonyl (C=O) groups excluding carboxylic acids is 1. The minimum atomic E-state index is -0.539. The minimum Gasteiger partial charge on any atom is -0.280 e. The fraction of sp³-hybridized carbons (Fsp3) is 0. The highest BCUT2D eigenvalue weighted by Gasteiger charge is 2.17. The lowest BCUT2D eigenvalue weighted by atomic mass is 10.2. The minimum absolute atomic E-state index is 0.0775. The van der Waals surface area contributed by atoms with Crippen LogP contribution in [0.4, 0.5) is 5.82 Å². The van der Waals surface area contributed by atoms with Crippen LogP contribution in [0.3, 0.4) is 0 Å². The number of amides is 1. The van der Waals surface area contributed by atoms with Crippen molar-refractivity contribution in [3.05, 3.63) is 51.2 Å². The van der Waals surface area contributed by atoms with Crippen molar-refractivity contribution in [1.82, 2.24) is 25.2 Å². The lowest BCUT2D eigenvalue weighted by molar-refractivity contribution is 0.0962. The van der Waals surface area contributed by atoms with Gasteiger partial charge < -0.3 is 0 Å². The highest BCUT2D eigenvalue weighted by atomic mass is 35.5. The fourth-order valence-electron chi connectivity index (χ4n) is 1.71. The summed E-state index contributed by atoms with van der Waals surface area (Å²) in [6.07, 6.45) is 1.44. The van der Waals surface area contributed by atoms with Crippen molar-refractivity contribution in [2.75, 3.05) is 5.43 Å². The van der Waals surface area contributed by atoms with E-state index < -0.39 is 5.91 Å². The summed E-state index contributed by atoms with van der Waals surface area (Å²) in [6.45, 7) is 0. The van der Waals surface area contributed by atoms with E-state index in [2.05, 4.69) is 26.1 Å². The van der Waals surface area contributed by atoms with Crippen LogP contribution in [0.5, 0.6) is 0 Å². The quantitative estimate of drug-likeness (QED) is 0.556. The van der Waals surface area contributed by atoms with Gasteiger partial charge in [0.2, 0.25) is 0 Å². The standard InChI is InChI=1S/C12H7Cl3N6O/c13-6-1-2-7(14)11(15)10(6)12(22)19-17-8-3-4-9-18-16-5-21(9)20-8/h1-5H,(H,17,20)(H,19,22). The molecule has 0 saturated carbocycles. The van der Waals surface area contributed by atoms with Crippen LogP contribution in [-0.2, 0) is 0 Å². The largest absolute Gasteiger partial charge is 0.280 e. The number of hydrazine groups is 1. The maximum atomic E-state index is 12.2. The Hall–Kier alpha value is -2.09. The van der Waals surface area contributed by atoms with Gasteiger partial charge in [-0.1, -0.05) is 34.8 Å². The number of hydrogen-bond donors (Lipinski definition) is 2. The van der Waals surface area contributed by atoms with Gasteiger partial charge in [0.05, 0.1) is 20.6 Å². The van der Waals surface area contributed by atoms with Crippen LogP contribution in [0.25, 0.3) is 5.65 Å². The first-order valence-corrected chi connectivity index (χ1v) is 7.06. The molecule has 0 radical (unpaired) electrons. The average molecular weight is 358 g/mol. The van der Waals surface area contributed by atoms with Crippen molar-refractivity contribution >= 4 is 52.2 Å². The zero-order valence-electron chi connectivity index (χ0n) is 10.7. The Kier molecular flexibility index (Phi) is 4.02. The molecule has 2 N–H and O–H groups in total. The Bertz CT molecular complexity index is 865. The Morgan fingerprint density at radius 2 is 1.86 bits per heavy atom. The van der Waals surface area contributed by atoms with Crippen LogP contribution >= 0.6 is 34.8 Å². The zero-order chi connectivity index (χ0) is 15.7. The molecule has 3 aromatic rings. The van der Waals surface area contributed by atoms with Crippen LogP contribution < -0.4 is 10.9 Å². The molecule has 1 aromatic carbocycles. The second-order valence-corrected chi connectivity index (χ2v) is 5.34. The van der Waals surface area contributed by atoms with Crippen LogP contribution in [0.2, 0.25) is 15.1 Å². The summed E-state index contributed by atoms with van der Waals surface area (Å²) in [5, 5.41) is 12.2. The molecule has 0 aliphatic carbocycles. The summed E-state index contributed by atoms with van der Waals surface area (Å²) >= 11 is 17.9. The molecule has 3 rings (SSSR count). The van der Waals surface area contributed by atoms with Gasteiger partial charge in [-0.3, -0.25) is 15.6 Å². The van der Waals surface area contributed by atoms with Gasteiger partial charge in [0, 0.05) is 0 Å². The third kappa shape index (κ3) is 2.78. The van der Waals surface area contributed by atoms with Gasteiger partial charge in [0.1, 0.15) is 6.33 Å². The first kappa shape index (κ1) is 14.8. The van der Waals surface area contributed by atoms with Gasteiger partial charge in [-0.25, -0.2) is 0 Å². The molecule has 0 unspecified atom stereocenters. The molecular weight excluding hydrogens is 351 g/mol. The predicted octanol–water partition coefficient (Wildman–Crippen LogP) is 2.84. The van der Waals surface area contributed by atoms with Gasteiger partial charge in [-0.15, -0.1) is 15.3 Å². The highest BCUT2D eigenvalue weighted by molar-refractivity contribution is 6.46. The second kappa shape index (κ2) is 5.96. The molecule has 7 nitrogen and oxygen atoms in total. The van der Waals surface area contributed by atoms with Crippen LogP contribution in [0, 0.1) is 0 Å². The molecule has 1 amide bonds. The van der Waals surface area contributed by atoms with E-state index in [1.165, 1.54) is 23.0 Å². The molecule has 0 fully saturated rings. The van der Waals surface area contributed by atoms with E-state index in [-0.39, 0.29) is 20.6 Å². The molecule has 2 aromatic heterocycles. The summed E-state index contributed by atoms with van der Waals surface area (Å²) in [4.78, 5) is 12.2. The number of carbonyl (C=O) groups is 1. The SMILES string of the molecule is O=C(NNc1ccc2nncn2n1)c1c(Cl)ccc(Cl)c1Cl. The smallest absolute Gasteiger partial charge is 0.272 e. The molecule has 0 spiro atoms. The molecule has 0 saturated heterocycles. The van der Waals surface area contributed by atoms with Gasteiger partial charge in [0.25, 0.3) is 5.91 Å². The Balaban J connectivity index is 1.79. The maximum Gasteiger partial charge on any atom is 0.272 e. The molecule has 0 aliphatic heterocycles. The lowest BCUT2D eigenvalue weighted by Gasteiger charge is -2.10. The van der Waals surface area contributed by atoms with Crippen LogP contribution in [0.1, 0.15) is 10.4 Å². The van der Waals surface area contributed by atoms with Crippen molar-refractivity contribution in [2.45, 2.75) is 0 Å². The third-order valence-electron chi connectivity index (χ3n) is 2.74. The van der Waals surface area contributed by atoms with E-state index in [1.54, 1.807) is 12.1 Å². The number of nitrogens with zero attached hydrogens (tertiary/aromatic N) is 4. The number of fused-ring (bicyclic) bond motifs is 1. The van der Waals surface area contributed by atoms with Gasteiger partial charge in [-0.2, -0.15) is 4.52 Å². The normalized spacial score (nSPS) is 10.7. The molecular formula is C12H7Cl3N6O. The predicted molar refractivity (Wildman–Crippen MR) is 83.3 cm³/mol. The molecule has 0 aliphatic rings. The molecule has 22 heavy (non-hydrogen) atoms. The number of benzene rings is 1. The number of halogens is 3. The molecule has 10 heteroatoms. The summed E-state index contributed by atoms with van der Waals surface area (Å²) in [7, 11) is 0. The first-order valence-electron chi connectivity index (χ1n) is 5.93. The van der Waals surface area contributed by atoms with Gasteiger partial charge >= 0.3 is 0 Å². The molecule has 0 bridgehead atoms. The number of rotatable bonds is 3. The topological polar surface area (TPSA) is 84.2 Å². The summed E-state index contributed by atoms with van der Waals surface area (Å²) in [5.74, 6) is -0.155. The molecule has 0 atom stereocenters. The van der Waals surface area contributed by atoms with Gasteiger partial charge in [0.15, 0.2) is 11.5 Å². The zero-order valence-corrected chi connectivity index (χ0v) is 13.0. The Morgan fingerprint density at radius 1 is 1.09 bits per heavy atom. The fourth-order valence-corrected chi connectivity index (χ4v) is 2.41. The Labute approximate surface area is 139 Å². The van der Waals surface area contributed by atoms with E-state index in [0.29, 0.717) is 11.5 Å². The lowest BCUT2D eigenvalue weighted by Crippen LogP contribution is -2.30. The van der Waals surface area contributed by atoms with Crippen LogP contribution in [-0.4, -0.2) is 25.7 Å². The van der Waals surface area contributed by atoms with Gasteiger partial charge in [-0.05, 0) is 24.3 Å². The highest BCUT2D eigenvalue weighted by Crippen LogP contribution is 2.31. The monoisotopic (exact) mass is 356 g/mol. The maximum absolute atomic E-state index is 12.2. The third-order valence-corrected chi connectivity index (χ3v) is 3.86. The van der Waals surface area contributed by atoms with Crippen molar-refractivity contribution in [3.63, 3.8) is 0 Å². The Morgan fingerprint density at radius 3 is 2.68 bits per heavy atom. The van der Waals surface area contributed by atoms with E-state index >= 15 is 0 Å². The van der Waals surface area contributed by atoms with E-state index in [1.807, 2.05) is 0 Å². The molecule has 112 valence electrons. The van der Waals surface area contributed by atoms with Crippen molar-refractivity contribution in [3.8, 4) is 0 Å². The summed E-state index contributed by atoms with van der Waals surface area (Å²) < 4.78 is 1.45. The summed E-state index contributed by atoms with van der Waals surface area (Å²) in [6, 6.07) is 6.32. The average Bonchev–Trinajstić information content (AvgIpc) is 2.97. The number of nitrogens with one attached hydrogen (secondary N) is 2. The van der Waals surface area contributed by atoms with Crippen molar-refractivity contribution in [1.29, 1.82) is 0 Å². The van der Waals surface area contributed by atoms with E-state index in [4.69, 9.17) is 34.8 Å².